The molecule has 1 heterocycles. The number of imidazole rings is 1. The molecule has 146 valence electrons. The minimum absolute atomic E-state index is 0.0350. The second kappa shape index (κ2) is 7.67. The van der Waals surface area contributed by atoms with Crippen LogP contribution < -0.4 is 5.69 Å². The summed E-state index contributed by atoms with van der Waals surface area (Å²) in [5, 5.41) is 9.15. The van der Waals surface area contributed by atoms with E-state index in [9.17, 15) is 9.59 Å². The highest BCUT2D eigenvalue weighted by molar-refractivity contribution is 5.72. The highest BCUT2D eigenvalue weighted by Crippen LogP contribution is 2.32. The first kappa shape index (κ1) is 18.5. The molecule has 1 fully saturated rings. The summed E-state index contributed by atoms with van der Waals surface area (Å²) < 4.78 is 8.35. The summed E-state index contributed by atoms with van der Waals surface area (Å²) in [6, 6.07) is 8.61. The Kier molecular flexibility index (Phi) is 5.08. The van der Waals surface area contributed by atoms with E-state index < -0.39 is 0 Å². The SMILES string of the molecule is COC(=O)C1CCC(n2ccn(-c3ccc4c(c3)CCC(C#N)C4)c2=O)CC1. The molecule has 0 saturated heterocycles. The Morgan fingerprint density at radius 2 is 1.93 bits per heavy atom. The predicted molar refractivity (Wildman–Crippen MR) is 104 cm³/mol. The maximum Gasteiger partial charge on any atom is 0.332 e. The van der Waals surface area contributed by atoms with Crippen LogP contribution in [0.4, 0.5) is 0 Å². The number of aromatic nitrogens is 2. The van der Waals surface area contributed by atoms with Crippen molar-refractivity contribution in [2.45, 2.75) is 51.0 Å². The molecule has 1 saturated carbocycles. The van der Waals surface area contributed by atoms with E-state index in [4.69, 9.17) is 10.00 Å². The van der Waals surface area contributed by atoms with Crippen molar-refractivity contribution in [3.8, 4) is 11.8 Å². The van der Waals surface area contributed by atoms with Gasteiger partial charge in [-0.05, 0) is 68.2 Å². The molecule has 0 amide bonds. The lowest BCUT2D eigenvalue weighted by Crippen LogP contribution is -2.30. The van der Waals surface area contributed by atoms with E-state index in [1.165, 1.54) is 18.2 Å². The van der Waals surface area contributed by atoms with E-state index in [1.807, 2.05) is 18.5 Å². The van der Waals surface area contributed by atoms with Crippen molar-refractivity contribution in [3.63, 3.8) is 0 Å². The molecule has 4 rings (SSSR count). The summed E-state index contributed by atoms with van der Waals surface area (Å²) in [6.45, 7) is 0. The Hall–Kier alpha value is -2.81. The summed E-state index contributed by atoms with van der Waals surface area (Å²) >= 11 is 0. The van der Waals surface area contributed by atoms with Crippen molar-refractivity contribution in [3.05, 3.63) is 52.2 Å². The quantitative estimate of drug-likeness (QED) is 0.768. The van der Waals surface area contributed by atoms with E-state index in [-0.39, 0.29) is 29.5 Å². The van der Waals surface area contributed by atoms with Crippen molar-refractivity contribution in [2.24, 2.45) is 11.8 Å². The Labute approximate surface area is 164 Å². The number of ether oxygens (including phenoxy) is 1. The van der Waals surface area contributed by atoms with Gasteiger partial charge in [0.25, 0.3) is 0 Å². The molecule has 2 aromatic rings. The van der Waals surface area contributed by atoms with Gasteiger partial charge in [0.15, 0.2) is 0 Å². The van der Waals surface area contributed by atoms with Crippen LogP contribution in [-0.4, -0.2) is 22.2 Å². The highest BCUT2D eigenvalue weighted by Gasteiger charge is 2.28. The summed E-state index contributed by atoms with van der Waals surface area (Å²) in [7, 11) is 1.43. The summed E-state index contributed by atoms with van der Waals surface area (Å²) in [5.41, 5.74) is 3.30. The number of fused-ring (bicyclic) bond motifs is 1. The van der Waals surface area contributed by atoms with Gasteiger partial charge >= 0.3 is 11.7 Å². The topological polar surface area (TPSA) is 77.0 Å². The van der Waals surface area contributed by atoms with Gasteiger partial charge in [-0.2, -0.15) is 5.26 Å². The molecule has 1 aromatic heterocycles. The van der Waals surface area contributed by atoms with Gasteiger partial charge in [0.2, 0.25) is 0 Å². The standard InChI is InChI=1S/C22H25N3O3/c1-28-21(26)16-4-7-19(8-5-16)24-10-11-25(22(24)27)20-9-6-17-12-15(14-23)2-3-18(17)13-20/h6,9-11,13,15-16,19H,2-5,7-8,12H2,1H3. The number of hydrogen-bond acceptors (Lipinski definition) is 4. The third-order valence-corrected chi connectivity index (χ3v) is 6.31. The lowest BCUT2D eigenvalue weighted by molar-refractivity contribution is -0.146. The van der Waals surface area contributed by atoms with Crippen LogP contribution in [0.2, 0.25) is 0 Å². The number of nitriles is 1. The van der Waals surface area contributed by atoms with Crippen LogP contribution in [0.5, 0.6) is 0 Å². The number of carbonyl (C=O) groups excluding carboxylic acids is 1. The van der Waals surface area contributed by atoms with Gasteiger partial charge < -0.3 is 4.74 Å². The third-order valence-electron chi connectivity index (χ3n) is 6.31. The maximum atomic E-state index is 13.0. The minimum atomic E-state index is -0.143. The molecular formula is C22H25N3O3. The first-order chi connectivity index (χ1) is 13.6. The minimum Gasteiger partial charge on any atom is -0.469 e. The molecular weight excluding hydrogens is 354 g/mol. The van der Waals surface area contributed by atoms with Crippen LogP contribution in [0, 0.1) is 23.2 Å². The molecule has 0 bridgehead atoms. The molecule has 0 spiro atoms. The van der Waals surface area contributed by atoms with Crippen molar-refractivity contribution in [1.29, 1.82) is 5.26 Å². The fourth-order valence-corrected chi connectivity index (χ4v) is 4.62. The average Bonchev–Trinajstić information content (AvgIpc) is 3.13. The van der Waals surface area contributed by atoms with Gasteiger partial charge in [-0.1, -0.05) is 6.07 Å². The zero-order valence-corrected chi connectivity index (χ0v) is 16.1. The maximum absolute atomic E-state index is 13.0. The van der Waals surface area contributed by atoms with E-state index in [2.05, 4.69) is 18.2 Å². The lowest BCUT2D eigenvalue weighted by atomic mass is 9.84. The van der Waals surface area contributed by atoms with E-state index in [1.54, 1.807) is 9.13 Å². The number of nitrogens with zero attached hydrogens (tertiary/aromatic N) is 3. The number of rotatable bonds is 3. The van der Waals surface area contributed by atoms with Crippen molar-refractivity contribution in [2.75, 3.05) is 7.11 Å². The highest BCUT2D eigenvalue weighted by atomic mass is 16.5. The first-order valence-electron chi connectivity index (χ1n) is 9.99. The molecule has 2 aliphatic carbocycles. The second-order valence-electron chi connectivity index (χ2n) is 7.91. The lowest BCUT2D eigenvalue weighted by Gasteiger charge is -2.27. The molecule has 6 heteroatoms. The average molecular weight is 379 g/mol. The number of methoxy groups -OCH3 is 1. The number of hydrogen-bond donors (Lipinski definition) is 0. The number of benzene rings is 1. The zero-order chi connectivity index (χ0) is 19.7. The van der Waals surface area contributed by atoms with Crippen molar-refractivity contribution >= 4 is 5.97 Å². The zero-order valence-electron chi connectivity index (χ0n) is 16.1. The second-order valence-corrected chi connectivity index (χ2v) is 7.91. The largest absolute Gasteiger partial charge is 0.469 e. The van der Waals surface area contributed by atoms with Gasteiger partial charge in [0, 0.05) is 18.4 Å². The van der Waals surface area contributed by atoms with Crippen molar-refractivity contribution in [1.82, 2.24) is 9.13 Å². The van der Waals surface area contributed by atoms with Gasteiger partial charge in [0.1, 0.15) is 0 Å². The summed E-state index contributed by atoms with van der Waals surface area (Å²) in [5.74, 6) is -0.0877. The predicted octanol–water partition coefficient (Wildman–Crippen LogP) is 3.17. The number of aryl methyl sites for hydroxylation is 1. The molecule has 1 unspecified atom stereocenters. The van der Waals surface area contributed by atoms with E-state index in [0.717, 1.165) is 50.6 Å². The molecule has 2 aliphatic rings. The third kappa shape index (κ3) is 3.37. The van der Waals surface area contributed by atoms with Crippen LogP contribution in [0.3, 0.4) is 0 Å². The van der Waals surface area contributed by atoms with Gasteiger partial charge in [0.05, 0.1) is 30.7 Å². The van der Waals surface area contributed by atoms with E-state index in [0.29, 0.717) is 0 Å². The van der Waals surface area contributed by atoms with E-state index >= 15 is 0 Å². The van der Waals surface area contributed by atoms with Gasteiger partial charge in [-0.25, -0.2) is 4.79 Å². The summed E-state index contributed by atoms with van der Waals surface area (Å²) in [4.78, 5) is 24.7. The molecule has 0 N–H and O–H groups in total. The molecule has 0 radical (unpaired) electrons. The van der Waals surface area contributed by atoms with Crippen LogP contribution in [-0.2, 0) is 22.4 Å². The Morgan fingerprint density at radius 3 is 2.64 bits per heavy atom. The Morgan fingerprint density at radius 1 is 1.14 bits per heavy atom. The number of carbonyl (C=O) groups is 1. The molecule has 6 nitrogen and oxygen atoms in total. The van der Waals surface area contributed by atoms with Crippen molar-refractivity contribution < 1.29 is 9.53 Å². The van der Waals surface area contributed by atoms with Gasteiger partial charge in [-0.15, -0.1) is 0 Å². The number of esters is 1. The fraction of sp³-hybridized carbons (Fsp3) is 0.500. The smallest absolute Gasteiger partial charge is 0.332 e. The monoisotopic (exact) mass is 379 g/mol. The van der Waals surface area contributed by atoms with Crippen LogP contribution in [0.1, 0.15) is 49.3 Å². The van der Waals surface area contributed by atoms with Gasteiger partial charge in [-0.3, -0.25) is 13.9 Å². The van der Waals surface area contributed by atoms with Crippen LogP contribution >= 0.6 is 0 Å². The molecule has 28 heavy (non-hydrogen) atoms. The fourth-order valence-electron chi connectivity index (χ4n) is 4.62. The normalized spacial score (nSPS) is 24.2. The Bertz CT molecular complexity index is 974. The molecule has 1 atom stereocenters. The first-order valence-corrected chi connectivity index (χ1v) is 9.99. The summed E-state index contributed by atoms with van der Waals surface area (Å²) in [6.07, 6.45) is 9.38. The molecule has 0 aliphatic heterocycles. The Balaban J connectivity index is 1.53. The van der Waals surface area contributed by atoms with Crippen LogP contribution in [0.15, 0.2) is 35.4 Å². The van der Waals surface area contributed by atoms with Crippen LogP contribution in [0.25, 0.3) is 5.69 Å². The molecule has 1 aromatic carbocycles.